The SMILES string of the molecule is CN1CCN(C2=Cc3ccccc3C2c2ccc(N)cc2C(F)(F)F)CC1. The number of fused-ring (bicyclic) bond motifs is 1. The van der Waals surface area contributed by atoms with Crippen LogP contribution in [0, 0.1) is 0 Å². The summed E-state index contributed by atoms with van der Waals surface area (Å²) in [6, 6.07) is 11.9. The van der Waals surface area contributed by atoms with E-state index in [0.717, 1.165) is 49.1 Å². The molecule has 1 aliphatic heterocycles. The van der Waals surface area contributed by atoms with Gasteiger partial charge in [0, 0.05) is 37.6 Å². The van der Waals surface area contributed by atoms with Crippen LogP contribution in [0.2, 0.25) is 0 Å². The van der Waals surface area contributed by atoms with Crippen LogP contribution >= 0.6 is 0 Å². The van der Waals surface area contributed by atoms with Crippen molar-refractivity contribution in [1.29, 1.82) is 0 Å². The third kappa shape index (κ3) is 3.30. The van der Waals surface area contributed by atoms with Crippen LogP contribution in [0.1, 0.15) is 28.2 Å². The normalized spacial score (nSPS) is 20.5. The average molecular weight is 373 g/mol. The molecule has 3 nitrogen and oxygen atoms in total. The fraction of sp³-hybridized carbons (Fsp3) is 0.333. The van der Waals surface area contributed by atoms with Crippen molar-refractivity contribution >= 4 is 11.8 Å². The summed E-state index contributed by atoms with van der Waals surface area (Å²) in [6.07, 6.45) is -2.41. The average Bonchev–Trinajstić information content (AvgIpc) is 3.01. The molecule has 2 aromatic rings. The molecule has 2 aromatic carbocycles. The smallest absolute Gasteiger partial charge is 0.399 e. The van der Waals surface area contributed by atoms with Gasteiger partial charge in [-0.05, 0) is 41.9 Å². The molecule has 1 aliphatic carbocycles. The Morgan fingerprint density at radius 2 is 1.67 bits per heavy atom. The molecule has 0 amide bonds. The van der Waals surface area contributed by atoms with Gasteiger partial charge in [-0.15, -0.1) is 0 Å². The van der Waals surface area contributed by atoms with Gasteiger partial charge in [0.1, 0.15) is 0 Å². The molecule has 1 unspecified atom stereocenters. The second kappa shape index (κ2) is 6.60. The second-order valence-corrected chi connectivity index (χ2v) is 7.27. The number of hydrogen-bond donors (Lipinski definition) is 1. The highest BCUT2D eigenvalue weighted by molar-refractivity contribution is 5.70. The third-order valence-corrected chi connectivity index (χ3v) is 5.47. The van der Waals surface area contributed by atoms with Gasteiger partial charge < -0.3 is 15.5 Å². The van der Waals surface area contributed by atoms with Crippen LogP contribution in [0.4, 0.5) is 18.9 Å². The number of nitrogens with zero attached hydrogens (tertiary/aromatic N) is 2. The first-order valence-corrected chi connectivity index (χ1v) is 9.05. The Morgan fingerprint density at radius 1 is 0.963 bits per heavy atom. The first kappa shape index (κ1) is 17.9. The van der Waals surface area contributed by atoms with Gasteiger partial charge in [0.05, 0.1) is 11.5 Å². The number of benzene rings is 2. The first-order chi connectivity index (χ1) is 12.8. The van der Waals surface area contributed by atoms with Crippen LogP contribution in [0.15, 0.2) is 48.2 Å². The van der Waals surface area contributed by atoms with Crippen molar-refractivity contribution < 1.29 is 13.2 Å². The monoisotopic (exact) mass is 373 g/mol. The van der Waals surface area contributed by atoms with E-state index in [1.807, 2.05) is 30.3 Å². The van der Waals surface area contributed by atoms with E-state index in [1.165, 1.54) is 6.07 Å². The highest BCUT2D eigenvalue weighted by Gasteiger charge is 2.39. The van der Waals surface area contributed by atoms with Crippen molar-refractivity contribution in [2.45, 2.75) is 12.1 Å². The van der Waals surface area contributed by atoms with E-state index in [-0.39, 0.29) is 11.3 Å². The highest BCUT2D eigenvalue weighted by atomic mass is 19.4. The molecule has 2 aliphatic rings. The quantitative estimate of drug-likeness (QED) is 0.807. The van der Waals surface area contributed by atoms with Gasteiger partial charge in [-0.25, -0.2) is 0 Å². The lowest BCUT2D eigenvalue weighted by Gasteiger charge is -2.37. The Morgan fingerprint density at radius 3 is 2.37 bits per heavy atom. The molecule has 1 heterocycles. The van der Waals surface area contributed by atoms with Crippen molar-refractivity contribution in [2.24, 2.45) is 0 Å². The molecule has 0 radical (unpaired) electrons. The number of hydrogen-bond acceptors (Lipinski definition) is 3. The summed E-state index contributed by atoms with van der Waals surface area (Å²) in [5.74, 6) is -0.429. The van der Waals surface area contributed by atoms with Gasteiger partial charge >= 0.3 is 6.18 Å². The molecular formula is C21H22F3N3. The first-order valence-electron chi connectivity index (χ1n) is 9.05. The molecule has 1 fully saturated rings. The number of rotatable bonds is 2. The molecule has 4 rings (SSSR count). The number of likely N-dealkylation sites (N-methyl/N-ethyl adjacent to an activating group) is 1. The molecule has 142 valence electrons. The Labute approximate surface area is 156 Å². The van der Waals surface area contributed by atoms with Gasteiger partial charge in [0.15, 0.2) is 0 Å². The molecule has 1 saturated heterocycles. The van der Waals surface area contributed by atoms with Crippen LogP contribution in [0.25, 0.3) is 6.08 Å². The van der Waals surface area contributed by atoms with Gasteiger partial charge in [0.25, 0.3) is 0 Å². The summed E-state index contributed by atoms with van der Waals surface area (Å²) in [5.41, 5.74) is 8.28. The number of alkyl halides is 3. The largest absolute Gasteiger partial charge is 0.416 e. The predicted molar refractivity (Wildman–Crippen MR) is 101 cm³/mol. The number of nitrogen functional groups attached to an aromatic ring is 1. The number of halogens is 3. The Kier molecular flexibility index (Phi) is 4.38. The minimum Gasteiger partial charge on any atom is -0.399 e. The maximum atomic E-state index is 13.8. The third-order valence-electron chi connectivity index (χ3n) is 5.47. The number of allylic oxidation sites excluding steroid dienone is 1. The van der Waals surface area contributed by atoms with Crippen molar-refractivity contribution in [3.8, 4) is 0 Å². The van der Waals surface area contributed by atoms with E-state index in [2.05, 4.69) is 16.8 Å². The van der Waals surface area contributed by atoms with Crippen molar-refractivity contribution in [1.82, 2.24) is 9.80 Å². The summed E-state index contributed by atoms with van der Waals surface area (Å²) in [5, 5.41) is 0. The molecular weight excluding hydrogens is 351 g/mol. The van der Waals surface area contributed by atoms with Crippen molar-refractivity contribution in [3.63, 3.8) is 0 Å². The number of nitrogens with two attached hydrogens (primary N) is 1. The maximum Gasteiger partial charge on any atom is 0.416 e. The van der Waals surface area contributed by atoms with Crippen LogP contribution in [-0.4, -0.2) is 43.0 Å². The van der Waals surface area contributed by atoms with Crippen LogP contribution in [0.3, 0.4) is 0 Å². The summed E-state index contributed by atoms with van der Waals surface area (Å²) in [6.45, 7) is 3.41. The van der Waals surface area contributed by atoms with Gasteiger partial charge in [-0.3, -0.25) is 0 Å². The van der Waals surface area contributed by atoms with Gasteiger partial charge in [0.2, 0.25) is 0 Å². The van der Waals surface area contributed by atoms with Crippen LogP contribution in [0.5, 0.6) is 0 Å². The standard InChI is InChI=1S/C21H22F3N3/c1-26-8-10-27(11-9-26)19-12-14-4-2-3-5-16(14)20(19)17-7-6-15(25)13-18(17)21(22,23)24/h2-7,12-13,20H,8-11,25H2,1H3. The lowest BCUT2D eigenvalue weighted by Crippen LogP contribution is -2.44. The minimum absolute atomic E-state index is 0.127. The molecule has 0 spiro atoms. The van der Waals surface area contributed by atoms with E-state index >= 15 is 0 Å². The number of piperazine rings is 1. The molecule has 0 saturated carbocycles. The molecule has 0 bridgehead atoms. The van der Waals surface area contributed by atoms with Crippen molar-refractivity contribution in [2.75, 3.05) is 39.0 Å². The van der Waals surface area contributed by atoms with Crippen molar-refractivity contribution in [3.05, 3.63) is 70.4 Å². The van der Waals surface area contributed by atoms with E-state index in [1.54, 1.807) is 6.07 Å². The van der Waals surface area contributed by atoms with Gasteiger partial charge in [-0.1, -0.05) is 30.3 Å². The second-order valence-electron chi connectivity index (χ2n) is 7.27. The zero-order valence-electron chi connectivity index (χ0n) is 15.1. The summed E-state index contributed by atoms with van der Waals surface area (Å²) in [7, 11) is 2.06. The molecule has 2 N–H and O–H groups in total. The zero-order valence-corrected chi connectivity index (χ0v) is 15.1. The lowest BCUT2D eigenvalue weighted by atomic mass is 9.87. The van der Waals surface area contributed by atoms with Gasteiger partial charge in [-0.2, -0.15) is 13.2 Å². The maximum absolute atomic E-state index is 13.8. The molecule has 27 heavy (non-hydrogen) atoms. The molecule has 6 heteroatoms. The van der Waals surface area contributed by atoms with Crippen LogP contribution < -0.4 is 5.73 Å². The summed E-state index contributed by atoms with van der Waals surface area (Å²) < 4.78 is 41.3. The predicted octanol–water partition coefficient (Wildman–Crippen LogP) is 4.02. The van der Waals surface area contributed by atoms with Crippen LogP contribution in [-0.2, 0) is 6.18 Å². The zero-order chi connectivity index (χ0) is 19.2. The lowest BCUT2D eigenvalue weighted by molar-refractivity contribution is -0.138. The van der Waals surface area contributed by atoms with E-state index in [9.17, 15) is 13.2 Å². The topological polar surface area (TPSA) is 32.5 Å². The fourth-order valence-corrected chi connectivity index (χ4v) is 4.04. The Bertz CT molecular complexity index is 880. The van der Waals surface area contributed by atoms with E-state index in [4.69, 9.17) is 5.73 Å². The Balaban J connectivity index is 1.83. The van der Waals surface area contributed by atoms with E-state index in [0.29, 0.717) is 0 Å². The van der Waals surface area contributed by atoms with E-state index < -0.39 is 17.7 Å². The summed E-state index contributed by atoms with van der Waals surface area (Å²) >= 11 is 0. The fourth-order valence-electron chi connectivity index (χ4n) is 4.04. The Hall–Kier alpha value is -2.47. The highest BCUT2D eigenvalue weighted by Crippen LogP contribution is 2.47. The molecule has 1 atom stereocenters. The summed E-state index contributed by atoms with van der Waals surface area (Å²) in [4.78, 5) is 4.46. The number of anilines is 1. The molecule has 0 aromatic heterocycles. The minimum atomic E-state index is -4.45.